The number of nitrogens with two attached hydrogens (primary N) is 1. The van der Waals surface area contributed by atoms with Gasteiger partial charge < -0.3 is 21.3 Å². The maximum absolute atomic E-state index is 12.6. The van der Waals surface area contributed by atoms with Crippen molar-refractivity contribution in [3.05, 3.63) is 24.3 Å². The number of rotatable bonds is 3. The number of benzene rings is 1. The maximum Gasteiger partial charge on any atom is 0.250 e. The van der Waals surface area contributed by atoms with Crippen molar-refractivity contribution in [1.29, 1.82) is 0 Å². The molecular formula is C18H26N4O2. The van der Waals surface area contributed by atoms with Crippen LogP contribution in [0, 0.1) is 5.92 Å². The molecule has 2 aliphatic heterocycles. The number of anilines is 2. The molecular weight excluding hydrogens is 304 g/mol. The number of nitrogens with zero attached hydrogens (tertiary/aromatic N) is 1. The van der Waals surface area contributed by atoms with Gasteiger partial charge in [-0.25, -0.2) is 0 Å². The van der Waals surface area contributed by atoms with Gasteiger partial charge in [-0.15, -0.1) is 0 Å². The molecule has 2 heterocycles. The normalized spacial score (nSPS) is 20.3. The van der Waals surface area contributed by atoms with Gasteiger partial charge in [0.15, 0.2) is 0 Å². The number of nitrogens with one attached hydrogen (secondary N) is 2. The monoisotopic (exact) mass is 330 g/mol. The first-order chi connectivity index (χ1) is 11.4. The number of likely N-dealkylation sites (tertiary alicyclic amines) is 1. The summed E-state index contributed by atoms with van der Waals surface area (Å²) in [5.74, 6) is 0.373. The molecule has 4 N–H and O–H groups in total. The standard InChI is InChI=1S/C18H26N4O2/c1-12(2)11-13(19)16(23)22-9-7-18(8-10-22)17(24)20-14-5-3-4-6-15(14)21-18/h3-6,12-13,21H,7-11,19H2,1-2H3,(H,20,24)/t13-/m0/s1. The molecule has 24 heavy (non-hydrogen) atoms. The van der Waals surface area contributed by atoms with Crippen molar-refractivity contribution in [2.24, 2.45) is 11.7 Å². The van der Waals surface area contributed by atoms with Crippen LogP contribution < -0.4 is 16.4 Å². The Labute approximate surface area is 142 Å². The highest BCUT2D eigenvalue weighted by atomic mass is 16.2. The van der Waals surface area contributed by atoms with Crippen molar-refractivity contribution in [3.8, 4) is 0 Å². The van der Waals surface area contributed by atoms with Gasteiger partial charge in [0.05, 0.1) is 17.4 Å². The van der Waals surface area contributed by atoms with Gasteiger partial charge in [0.25, 0.3) is 0 Å². The predicted octanol–water partition coefficient (Wildman–Crippen LogP) is 1.79. The number of carbonyl (C=O) groups excluding carboxylic acids is 2. The largest absolute Gasteiger partial charge is 0.369 e. The third-order valence-corrected chi connectivity index (χ3v) is 4.96. The van der Waals surface area contributed by atoms with Crippen LogP contribution in [0.2, 0.25) is 0 Å². The van der Waals surface area contributed by atoms with Crippen LogP contribution in [0.1, 0.15) is 33.1 Å². The van der Waals surface area contributed by atoms with Gasteiger partial charge in [0.1, 0.15) is 5.54 Å². The van der Waals surface area contributed by atoms with Crippen molar-refractivity contribution in [2.45, 2.75) is 44.7 Å². The summed E-state index contributed by atoms with van der Waals surface area (Å²) in [5, 5.41) is 6.39. The van der Waals surface area contributed by atoms with E-state index < -0.39 is 11.6 Å². The minimum absolute atomic E-state index is 0.00447. The average molecular weight is 330 g/mol. The number of amides is 2. The van der Waals surface area contributed by atoms with E-state index in [2.05, 4.69) is 24.5 Å². The van der Waals surface area contributed by atoms with E-state index >= 15 is 0 Å². The quantitative estimate of drug-likeness (QED) is 0.788. The lowest BCUT2D eigenvalue weighted by Crippen LogP contribution is -2.60. The molecule has 1 fully saturated rings. The molecule has 0 radical (unpaired) electrons. The molecule has 2 aliphatic rings. The third kappa shape index (κ3) is 3.11. The molecule has 1 saturated heterocycles. The van der Waals surface area contributed by atoms with Crippen molar-refractivity contribution in [3.63, 3.8) is 0 Å². The summed E-state index contributed by atoms with van der Waals surface area (Å²) in [6, 6.07) is 7.24. The topological polar surface area (TPSA) is 87.5 Å². The van der Waals surface area contributed by atoms with Crippen LogP contribution in [0.15, 0.2) is 24.3 Å². The Morgan fingerprint density at radius 2 is 1.88 bits per heavy atom. The Morgan fingerprint density at radius 3 is 2.50 bits per heavy atom. The fourth-order valence-electron chi connectivity index (χ4n) is 3.56. The van der Waals surface area contributed by atoms with E-state index in [0.717, 1.165) is 11.4 Å². The highest BCUT2D eigenvalue weighted by molar-refractivity contribution is 6.06. The number of fused-ring (bicyclic) bond motifs is 1. The Morgan fingerprint density at radius 1 is 1.25 bits per heavy atom. The van der Waals surface area contributed by atoms with E-state index in [4.69, 9.17) is 5.73 Å². The first kappa shape index (κ1) is 16.8. The van der Waals surface area contributed by atoms with Crippen molar-refractivity contribution in [2.75, 3.05) is 23.7 Å². The first-order valence-corrected chi connectivity index (χ1v) is 8.64. The molecule has 2 amide bonds. The number of hydrogen-bond acceptors (Lipinski definition) is 4. The summed E-state index contributed by atoms with van der Waals surface area (Å²) >= 11 is 0. The van der Waals surface area contributed by atoms with E-state index in [1.54, 1.807) is 4.90 Å². The fourth-order valence-corrected chi connectivity index (χ4v) is 3.56. The SMILES string of the molecule is CC(C)C[C@H](N)C(=O)N1CCC2(CC1)Nc1ccccc1NC2=O. The number of carbonyl (C=O) groups is 2. The Bertz CT molecular complexity index is 636. The first-order valence-electron chi connectivity index (χ1n) is 8.64. The second-order valence-electron chi connectivity index (χ2n) is 7.27. The summed E-state index contributed by atoms with van der Waals surface area (Å²) in [4.78, 5) is 26.9. The molecule has 1 aromatic rings. The van der Waals surface area contributed by atoms with Crippen LogP contribution in [-0.2, 0) is 9.59 Å². The van der Waals surface area contributed by atoms with Crippen LogP contribution in [0.25, 0.3) is 0 Å². The van der Waals surface area contributed by atoms with Gasteiger partial charge in [-0.3, -0.25) is 9.59 Å². The minimum atomic E-state index is -0.632. The molecule has 0 bridgehead atoms. The lowest BCUT2D eigenvalue weighted by atomic mass is 9.84. The maximum atomic E-state index is 12.6. The van der Waals surface area contributed by atoms with Gasteiger partial charge in [0.2, 0.25) is 11.8 Å². The van der Waals surface area contributed by atoms with Crippen molar-refractivity contribution < 1.29 is 9.59 Å². The van der Waals surface area contributed by atoms with E-state index in [1.807, 2.05) is 24.3 Å². The van der Waals surface area contributed by atoms with Crippen LogP contribution in [0.3, 0.4) is 0 Å². The molecule has 3 rings (SSSR count). The number of para-hydroxylation sites is 2. The molecule has 6 nitrogen and oxygen atoms in total. The zero-order chi connectivity index (χ0) is 17.3. The summed E-state index contributed by atoms with van der Waals surface area (Å²) in [7, 11) is 0. The molecule has 1 spiro atoms. The fraction of sp³-hybridized carbons (Fsp3) is 0.556. The molecule has 0 aromatic heterocycles. The van der Waals surface area contributed by atoms with Crippen LogP contribution >= 0.6 is 0 Å². The molecule has 1 atom stereocenters. The van der Waals surface area contributed by atoms with E-state index in [0.29, 0.717) is 38.3 Å². The summed E-state index contributed by atoms with van der Waals surface area (Å²) in [5.41, 5.74) is 7.14. The average Bonchev–Trinajstić information content (AvgIpc) is 2.55. The summed E-state index contributed by atoms with van der Waals surface area (Å²) in [6.45, 7) is 5.22. The molecule has 0 saturated carbocycles. The number of hydrogen-bond donors (Lipinski definition) is 3. The zero-order valence-electron chi connectivity index (χ0n) is 14.3. The highest BCUT2D eigenvalue weighted by Gasteiger charge is 2.45. The van der Waals surface area contributed by atoms with Gasteiger partial charge in [-0.1, -0.05) is 26.0 Å². The zero-order valence-corrected chi connectivity index (χ0v) is 14.3. The summed E-state index contributed by atoms with van der Waals surface area (Å²) in [6.07, 6.45) is 1.87. The molecule has 6 heteroatoms. The van der Waals surface area contributed by atoms with Crippen molar-refractivity contribution >= 4 is 23.2 Å². The minimum Gasteiger partial charge on any atom is -0.369 e. The molecule has 0 aliphatic carbocycles. The Kier molecular flexibility index (Phi) is 4.49. The Balaban J connectivity index is 1.66. The number of piperidine rings is 1. The van der Waals surface area contributed by atoms with Crippen LogP contribution in [0.5, 0.6) is 0 Å². The van der Waals surface area contributed by atoms with Crippen LogP contribution in [-0.4, -0.2) is 41.4 Å². The highest BCUT2D eigenvalue weighted by Crippen LogP contribution is 2.36. The van der Waals surface area contributed by atoms with E-state index in [1.165, 1.54) is 0 Å². The Hall–Kier alpha value is -2.08. The van der Waals surface area contributed by atoms with Gasteiger partial charge in [-0.2, -0.15) is 0 Å². The van der Waals surface area contributed by atoms with Crippen LogP contribution in [0.4, 0.5) is 11.4 Å². The molecule has 0 unspecified atom stereocenters. The lowest BCUT2D eigenvalue weighted by Gasteiger charge is -2.44. The van der Waals surface area contributed by atoms with Gasteiger partial charge >= 0.3 is 0 Å². The van der Waals surface area contributed by atoms with Gasteiger partial charge in [0, 0.05) is 13.1 Å². The molecule has 1 aromatic carbocycles. The lowest BCUT2D eigenvalue weighted by molar-refractivity contribution is -0.136. The third-order valence-electron chi connectivity index (χ3n) is 4.96. The predicted molar refractivity (Wildman–Crippen MR) is 94.7 cm³/mol. The smallest absolute Gasteiger partial charge is 0.250 e. The van der Waals surface area contributed by atoms with E-state index in [-0.39, 0.29) is 11.8 Å². The second kappa shape index (κ2) is 6.43. The summed E-state index contributed by atoms with van der Waals surface area (Å²) < 4.78 is 0. The molecule has 130 valence electrons. The van der Waals surface area contributed by atoms with Gasteiger partial charge in [-0.05, 0) is 37.3 Å². The second-order valence-corrected chi connectivity index (χ2v) is 7.27. The van der Waals surface area contributed by atoms with Crippen molar-refractivity contribution in [1.82, 2.24) is 4.90 Å². The van der Waals surface area contributed by atoms with E-state index in [9.17, 15) is 9.59 Å².